The lowest BCUT2D eigenvalue weighted by molar-refractivity contribution is 0.328. The average molecular weight is 341 g/mol. The van der Waals surface area contributed by atoms with E-state index < -0.39 is 11.6 Å². The molecule has 1 N–H and O–H groups in total. The summed E-state index contributed by atoms with van der Waals surface area (Å²) in [5.74, 6) is -0.840. The molecule has 2 nitrogen and oxygen atoms in total. The molecule has 2 aromatic rings. The highest BCUT2D eigenvalue weighted by Crippen LogP contribution is 2.35. The number of hydrogen-bond donors (Lipinski definition) is 1. The largest absolute Gasteiger partial charge is 0.390 e. The minimum atomic E-state index is -0.486. The Balaban J connectivity index is 1.97. The third kappa shape index (κ3) is 4.40. The van der Waals surface area contributed by atoms with Gasteiger partial charge in [-0.15, -0.1) is 0 Å². The van der Waals surface area contributed by atoms with Crippen molar-refractivity contribution in [2.24, 2.45) is 10.9 Å². The van der Waals surface area contributed by atoms with Crippen LogP contribution in [0.4, 0.5) is 8.78 Å². The first-order valence-corrected chi connectivity index (χ1v) is 8.46. The average Bonchev–Trinajstić information content (AvgIpc) is 3.44. The van der Waals surface area contributed by atoms with Crippen LogP contribution in [0.5, 0.6) is 0 Å². The number of aliphatic imine (C=N–C) groups is 1. The van der Waals surface area contributed by atoms with Gasteiger partial charge in [-0.3, -0.25) is 4.99 Å². The van der Waals surface area contributed by atoms with Crippen LogP contribution in [-0.4, -0.2) is 17.4 Å². The van der Waals surface area contributed by atoms with Crippen LogP contribution in [-0.2, 0) is 6.42 Å². The fourth-order valence-corrected chi connectivity index (χ4v) is 2.84. The predicted molar refractivity (Wildman–Crippen MR) is 95.6 cm³/mol. The number of benzene rings is 2. The van der Waals surface area contributed by atoms with Crippen molar-refractivity contribution in [3.63, 3.8) is 0 Å². The Labute approximate surface area is 146 Å². The molecule has 0 aromatic heterocycles. The van der Waals surface area contributed by atoms with E-state index in [0.29, 0.717) is 17.8 Å². The van der Waals surface area contributed by atoms with Crippen LogP contribution in [0.2, 0.25) is 0 Å². The Kier molecular flexibility index (Phi) is 5.39. The van der Waals surface area contributed by atoms with Gasteiger partial charge in [-0.25, -0.2) is 8.78 Å². The number of rotatable bonds is 6. The number of allylic oxidation sites excluding steroid dienone is 1. The fraction of sp³-hybridized carbons (Fsp3) is 0.286. The molecule has 25 heavy (non-hydrogen) atoms. The molecule has 1 aliphatic carbocycles. The molecule has 1 aliphatic rings. The quantitative estimate of drug-likeness (QED) is 0.761. The Hall–Kier alpha value is -2.33. The molecule has 4 heteroatoms. The van der Waals surface area contributed by atoms with E-state index in [9.17, 15) is 13.9 Å². The van der Waals surface area contributed by atoms with Crippen LogP contribution in [0.15, 0.2) is 64.8 Å². The third-order valence-electron chi connectivity index (χ3n) is 4.38. The maximum atomic E-state index is 14.2. The van der Waals surface area contributed by atoms with E-state index in [-0.39, 0.29) is 18.1 Å². The number of aliphatic hydroxyl groups is 1. The van der Waals surface area contributed by atoms with E-state index in [0.717, 1.165) is 36.1 Å². The first kappa shape index (κ1) is 17.5. The summed E-state index contributed by atoms with van der Waals surface area (Å²) in [5.41, 5.74) is 3.29. The molecule has 0 saturated heterocycles. The van der Waals surface area contributed by atoms with Crippen molar-refractivity contribution in [3.8, 4) is 0 Å². The minimum Gasteiger partial charge on any atom is -0.390 e. The molecule has 1 fully saturated rings. The molecule has 1 saturated carbocycles. The number of halogens is 2. The van der Waals surface area contributed by atoms with Crippen molar-refractivity contribution in [2.45, 2.75) is 26.2 Å². The zero-order valence-electron chi connectivity index (χ0n) is 14.2. The summed E-state index contributed by atoms with van der Waals surface area (Å²) in [6, 6.07) is 13.3. The van der Waals surface area contributed by atoms with Crippen molar-refractivity contribution < 1.29 is 13.9 Å². The lowest BCUT2D eigenvalue weighted by Crippen LogP contribution is -2.09. The zero-order valence-corrected chi connectivity index (χ0v) is 14.2. The molecule has 0 aliphatic heterocycles. The zero-order chi connectivity index (χ0) is 17.8. The molecular formula is C21H21F2NO. The van der Waals surface area contributed by atoms with Gasteiger partial charge >= 0.3 is 0 Å². The third-order valence-corrected chi connectivity index (χ3v) is 4.38. The van der Waals surface area contributed by atoms with Crippen LogP contribution in [0, 0.1) is 17.6 Å². The van der Waals surface area contributed by atoms with E-state index in [1.807, 2.05) is 37.3 Å². The van der Waals surface area contributed by atoms with E-state index in [4.69, 9.17) is 0 Å². The number of hydrogen-bond acceptors (Lipinski definition) is 2. The maximum Gasteiger partial charge on any atom is 0.132 e. The van der Waals surface area contributed by atoms with Crippen molar-refractivity contribution in [1.29, 1.82) is 0 Å². The second-order valence-electron chi connectivity index (χ2n) is 6.44. The van der Waals surface area contributed by atoms with Crippen LogP contribution in [0.1, 0.15) is 30.9 Å². The van der Waals surface area contributed by atoms with Gasteiger partial charge in [-0.1, -0.05) is 30.3 Å². The van der Waals surface area contributed by atoms with Gasteiger partial charge in [0, 0.05) is 11.5 Å². The van der Waals surface area contributed by atoms with Gasteiger partial charge in [-0.2, -0.15) is 0 Å². The molecule has 3 rings (SSSR count). The molecule has 0 spiro atoms. The summed E-state index contributed by atoms with van der Waals surface area (Å²) in [7, 11) is 0. The topological polar surface area (TPSA) is 32.6 Å². The van der Waals surface area contributed by atoms with Gasteiger partial charge in [0.25, 0.3) is 0 Å². The Morgan fingerprint density at radius 1 is 1.12 bits per heavy atom. The normalized spacial score (nSPS) is 15.9. The highest BCUT2D eigenvalue weighted by atomic mass is 19.1. The predicted octanol–water partition coefficient (Wildman–Crippen LogP) is 4.67. The van der Waals surface area contributed by atoms with Gasteiger partial charge < -0.3 is 5.11 Å². The molecule has 0 bridgehead atoms. The molecule has 0 atom stereocenters. The Morgan fingerprint density at radius 3 is 2.48 bits per heavy atom. The first-order valence-electron chi connectivity index (χ1n) is 8.46. The van der Waals surface area contributed by atoms with E-state index >= 15 is 0 Å². The standard InChI is InChI=1S/C21H21F2NO/c1-14(11-15-5-3-2-4-6-15)20(13-25)24-21(16-7-8-16)18-12-17(22)9-10-19(18)23/h2-6,9-10,12,16,25H,7-8,11,13H2,1H3/b20-14+,24-21?. The summed E-state index contributed by atoms with van der Waals surface area (Å²) in [4.78, 5) is 4.56. The molecule has 130 valence electrons. The maximum absolute atomic E-state index is 14.2. The summed E-state index contributed by atoms with van der Waals surface area (Å²) in [5, 5.41) is 9.76. The van der Waals surface area contributed by atoms with Crippen molar-refractivity contribution in [2.75, 3.05) is 6.61 Å². The molecule has 0 amide bonds. The van der Waals surface area contributed by atoms with E-state index in [1.54, 1.807) is 0 Å². The van der Waals surface area contributed by atoms with Crippen molar-refractivity contribution in [1.82, 2.24) is 0 Å². The fourth-order valence-electron chi connectivity index (χ4n) is 2.84. The SMILES string of the molecule is C/C(Cc1ccccc1)=C(/CO)N=C(c1cc(F)ccc1F)C1CC1. The number of aliphatic hydroxyl groups excluding tert-OH is 1. The summed E-state index contributed by atoms with van der Waals surface area (Å²) >= 11 is 0. The van der Waals surface area contributed by atoms with Gasteiger partial charge in [0.15, 0.2) is 0 Å². The van der Waals surface area contributed by atoms with Gasteiger partial charge in [0.05, 0.1) is 18.0 Å². The molecule has 0 radical (unpaired) electrons. The molecular weight excluding hydrogens is 320 g/mol. The smallest absolute Gasteiger partial charge is 0.132 e. The lowest BCUT2D eigenvalue weighted by Gasteiger charge is -2.11. The number of nitrogens with zero attached hydrogens (tertiary/aromatic N) is 1. The van der Waals surface area contributed by atoms with Crippen LogP contribution < -0.4 is 0 Å². The van der Waals surface area contributed by atoms with Crippen LogP contribution in [0.3, 0.4) is 0 Å². The first-order chi connectivity index (χ1) is 12.1. The van der Waals surface area contributed by atoms with E-state index in [2.05, 4.69) is 4.99 Å². The molecule has 0 heterocycles. The van der Waals surface area contributed by atoms with Crippen LogP contribution in [0.25, 0.3) is 0 Å². The van der Waals surface area contributed by atoms with Gasteiger partial charge in [0.1, 0.15) is 11.6 Å². The summed E-state index contributed by atoms with van der Waals surface area (Å²) in [6.07, 6.45) is 2.47. The Bertz CT molecular complexity index is 808. The highest BCUT2D eigenvalue weighted by Gasteiger charge is 2.30. The molecule has 0 unspecified atom stereocenters. The minimum absolute atomic E-state index is 0.127. The summed E-state index contributed by atoms with van der Waals surface area (Å²) < 4.78 is 27.8. The van der Waals surface area contributed by atoms with Gasteiger partial charge in [0.2, 0.25) is 0 Å². The Morgan fingerprint density at radius 2 is 1.84 bits per heavy atom. The monoisotopic (exact) mass is 341 g/mol. The second-order valence-corrected chi connectivity index (χ2v) is 6.44. The lowest BCUT2D eigenvalue weighted by atomic mass is 10.0. The van der Waals surface area contributed by atoms with Gasteiger partial charge in [-0.05, 0) is 55.5 Å². The molecule has 2 aromatic carbocycles. The highest BCUT2D eigenvalue weighted by molar-refractivity contribution is 6.04. The van der Waals surface area contributed by atoms with E-state index in [1.165, 1.54) is 6.07 Å². The van der Waals surface area contributed by atoms with Crippen LogP contribution >= 0.6 is 0 Å². The summed E-state index contributed by atoms with van der Waals surface area (Å²) in [6.45, 7) is 1.68. The van der Waals surface area contributed by atoms with Crippen molar-refractivity contribution >= 4 is 5.71 Å². The van der Waals surface area contributed by atoms with Crippen molar-refractivity contribution in [3.05, 3.63) is 82.6 Å². The second kappa shape index (κ2) is 7.70.